The van der Waals surface area contributed by atoms with E-state index >= 15 is 0 Å². The quantitative estimate of drug-likeness (QED) is 0.740. The lowest BCUT2D eigenvalue weighted by molar-refractivity contribution is -0.0141. The van der Waals surface area contributed by atoms with E-state index in [0.29, 0.717) is 6.54 Å². The number of hydrogen-bond acceptors (Lipinski definition) is 2. The summed E-state index contributed by atoms with van der Waals surface area (Å²) in [6.07, 6.45) is 0.931. The lowest BCUT2D eigenvalue weighted by Crippen LogP contribution is -2.27. The Morgan fingerprint density at radius 1 is 1.08 bits per heavy atom. The van der Waals surface area contributed by atoms with E-state index in [1.165, 1.54) is 0 Å². The summed E-state index contributed by atoms with van der Waals surface area (Å²) >= 11 is 0. The average Bonchev–Trinajstić information content (AvgIpc) is 2.11. The van der Waals surface area contributed by atoms with Gasteiger partial charge in [0.25, 0.3) is 0 Å². The van der Waals surface area contributed by atoms with Crippen molar-refractivity contribution in [2.24, 2.45) is 5.73 Å². The van der Waals surface area contributed by atoms with Crippen molar-refractivity contribution in [1.29, 1.82) is 0 Å². The van der Waals surface area contributed by atoms with Crippen LogP contribution in [0.2, 0.25) is 0 Å². The van der Waals surface area contributed by atoms with Gasteiger partial charge in [0.05, 0.1) is 5.60 Å². The standard InChI is InChI=1S/C7H17NO.2C2H6/c1-4-9-7(2,3)5-6-8;2*1-2/h4-6,8H2,1-3H3;2*1-2H3. The lowest BCUT2D eigenvalue weighted by atomic mass is 10.1. The van der Waals surface area contributed by atoms with Crippen LogP contribution in [0.5, 0.6) is 0 Å². The molecule has 0 aliphatic carbocycles. The Balaban J connectivity index is -0.000000218. The van der Waals surface area contributed by atoms with Gasteiger partial charge in [-0.2, -0.15) is 0 Å². The van der Waals surface area contributed by atoms with Crippen LogP contribution in [-0.4, -0.2) is 18.8 Å². The topological polar surface area (TPSA) is 35.2 Å². The maximum atomic E-state index is 5.39. The molecule has 0 rings (SSSR count). The van der Waals surface area contributed by atoms with Crippen molar-refractivity contribution in [2.45, 2.75) is 60.5 Å². The zero-order valence-electron chi connectivity index (χ0n) is 10.6. The van der Waals surface area contributed by atoms with E-state index in [1.807, 2.05) is 34.6 Å². The van der Waals surface area contributed by atoms with Crippen LogP contribution in [0.3, 0.4) is 0 Å². The summed E-state index contributed by atoms with van der Waals surface area (Å²) in [4.78, 5) is 0. The molecule has 2 nitrogen and oxygen atoms in total. The van der Waals surface area contributed by atoms with Crippen LogP contribution in [0, 0.1) is 0 Å². The normalized spacial score (nSPS) is 9.23. The highest BCUT2D eigenvalue weighted by atomic mass is 16.5. The van der Waals surface area contributed by atoms with Crippen LogP contribution >= 0.6 is 0 Å². The van der Waals surface area contributed by atoms with E-state index in [9.17, 15) is 0 Å². The number of hydrogen-bond donors (Lipinski definition) is 1. The minimum atomic E-state index is -0.0243. The van der Waals surface area contributed by atoms with E-state index in [2.05, 4.69) is 13.8 Å². The van der Waals surface area contributed by atoms with Gasteiger partial charge in [-0.15, -0.1) is 0 Å². The molecular formula is C11H29NO. The summed E-state index contributed by atoms with van der Waals surface area (Å²) in [6.45, 7) is 15.6. The van der Waals surface area contributed by atoms with Crippen molar-refractivity contribution in [3.8, 4) is 0 Å². The van der Waals surface area contributed by atoms with Gasteiger partial charge >= 0.3 is 0 Å². The molecule has 0 radical (unpaired) electrons. The summed E-state index contributed by atoms with van der Waals surface area (Å²) in [5.41, 5.74) is 5.34. The van der Waals surface area contributed by atoms with Gasteiger partial charge in [0.15, 0.2) is 0 Å². The fourth-order valence-electron chi connectivity index (χ4n) is 0.811. The van der Waals surface area contributed by atoms with Gasteiger partial charge in [0, 0.05) is 6.61 Å². The van der Waals surface area contributed by atoms with Crippen molar-refractivity contribution in [2.75, 3.05) is 13.2 Å². The van der Waals surface area contributed by atoms with Gasteiger partial charge in [0.1, 0.15) is 0 Å². The second kappa shape index (κ2) is 14.4. The van der Waals surface area contributed by atoms with E-state index in [4.69, 9.17) is 10.5 Å². The zero-order valence-corrected chi connectivity index (χ0v) is 10.6. The molecule has 0 bridgehead atoms. The molecular weight excluding hydrogens is 162 g/mol. The molecule has 0 aromatic heterocycles. The Bertz CT molecular complexity index is 64.5. The van der Waals surface area contributed by atoms with Crippen LogP contribution < -0.4 is 5.73 Å². The molecule has 0 aromatic rings. The third kappa shape index (κ3) is 18.7. The molecule has 0 atom stereocenters. The minimum absolute atomic E-state index is 0.0243. The summed E-state index contributed by atoms with van der Waals surface area (Å²) in [6, 6.07) is 0. The number of nitrogens with two attached hydrogens (primary N) is 1. The Hall–Kier alpha value is -0.0800. The highest BCUT2D eigenvalue weighted by Crippen LogP contribution is 2.11. The molecule has 0 saturated carbocycles. The van der Waals surface area contributed by atoms with Gasteiger partial charge in [-0.3, -0.25) is 0 Å². The first-order valence-corrected chi connectivity index (χ1v) is 5.46. The predicted octanol–water partition coefficient (Wildman–Crippen LogP) is 3.20. The molecule has 0 saturated heterocycles. The van der Waals surface area contributed by atoms with Crippen molar-refractivity contribution in [3.63, 3.8) is 0 Å². The van der Waals surface area contributed by atoms with Gasteiger partial charge in [-0.05, 0) is 33.7 Å². The van der Waals surface area contributed by atoms with Crippen molar-refractivity contribution in [3.05, 3.63) is 0 Å². The Morgan fingerprint density at radius 2 is 1.46 bits per heavy atom. The van der Waals surface area contributed by atoms with Crippen LogP contribution in [-0.2, 0) is 4.74 Å². The molecule has 0 amide bonds. The molecule has 2 heteroatoms. The maximum Gasteiger partial charge on any atom is 0.0638 e. The van der Waals surface area contributed by atoms with E-state index < -0.39 is 0 Å². The van der Waals surface area contributed by atoms with E-state index in [0.717, 1.165) is 13.0 Å². The van der Waals surface area contributed by atoms with Crippen molar-refractivity contribution >= 4 is 0 Å². The van der Waals surface area contributed by atoms with Crippen LogP contribution in [0.4, 0.5) is 0 Å². The first-order valence-electron chi connectivity index (χ1n) is 5.46. The van der Waals surface area contributed by atoms with Crippen molar-refractivity contribution in [1.82, 2.24) is 0 Å². The zero-order chi connectivity index (χ0) is 11.3. The molecule has 0 aliphatic heterocycles. The molecule has 0 aromatic carbocycles. The van der Waals surface area contributed by atoms with E-state index in [1.54, 1.807) is 0 Å². The van der Waals surface area contributed by atoms with Crippen molar-refractivity contribution < 1.29 is 4.74 Å². The second-order valence-corrected chi connectivity index (χ2v) is 2.73. The predicted molar refractivity (Wildman–Crippen MR) is 62.1 cm³/mol. The van der Waals surface area contributed by atoms with Crippen LogP contribution in [0.15, 0.2) is 0 Å². The second-order valence-electron chi connectivity index (χ2n) is 2.73. The van der Waals surface area contributed by atoms with Gasteiger partial charge in [0.2, 0.25) is 0 Å². The smallest absolute Gasteiger partial charge is 0.0638 e. The maximum absolute atomic E-state index is 5.39. The number of rotatable bonds is 4. The van der Waals surface area contributed by atoms with E-state index in [-0.39, 0.29) is 5.60 Å². The summed E-state index contributed by atoms with van der Waals surface area (Å²) < 4.78 is 5.39. The fourth-order valence-corrected chi connectivity index (χ4v) is 0.811. The molecule has 0 spiro atoms. The Morgan fingerprint density at radius 3 is 1.69 bits per heavy atom. The SMILES string of the molecule is CC.CC.CCOC(C)(C)CCN. The monoisotopic (exact) mass is 191 g/mol. The lowest BCUT2D eigenvalue weighted by Gasteiger charge is -2.23. The third-order valence-electron chi connectivity index (χ3n) is 1.28. The first kappa shape index (κ1) is 18.7. The van der Waals surface area contributed by atoms with Gasteiger partial charge in [-0.1, -0.05) is 27.7 Å². The number of ether oxygens (including phenoxy) is 1. The van der Waals surface area contributed by atoms with Crippen LogP contribution in [0.1, 0.15) is 54.9 Å². The summed E-state index contributed by atoms with van der Waals surface area (Å²) in [5, 5.41) is 0. The first-order chi connectivity index (χ1) is 6.12. The summed E-state index contributed by atoms with van der Waals surface area (Å²) in [7, 11) is 0. The van der Waals surface area contributed by atoms with Gasteiger partial charge in [-0.25, -0.2) is 0 Å². The molecule has 0 heterocycles. The molecule has 2 N–H and O–H groups in total. The Labute approximate surface area is 84.9 Å². The molecule has 0 fully saturated rings. The Kier molecular flexibility index (Phi) is 20.7. The molecule has 84 valence electrons. The third-order valence-corrected chi connectivity index (χ3v) is 1.28. The van der Waals surface area contributed by atoms with Gasteiger partial charge < -0.3 is 10.5 Å². The van der Waals surface area contributed by atoms with Crippen LogP contribution in [0.25, 0.3) is 0 Å². The highest BCUT2D eigenvalue weighted by Gasteiger charge is 2.14. The fraction of sp³-hybridized carbons (Fsp3) is 1.00. The summed E-state index contributed by atoms with van der Waals surface area (Å²) in [5.74, 6) is 0. The molecule has 0 unspecified atom stereocenters. The average molecular weight is 191 g/mol. The molecule has 13 heavy (non-hydrogen) atoms. The highest BCUT2D eigenvalue weighted by molar-refractivity contribution is 4.67. The largest absolute Gasteiger partial charge is 0.376 e. The molecule has 0 aliphatic rings. The minimum Gasteiger partial charge on any atom is -0.376 e.